The van der Waals surface area contributed by atoms with Crippen molar-refractivity contribution >= 4 is 28.6 Å². The van der Waals surface area contributed by atoms with Gasteiger partial charge in [-0.05, 0) is 69.0 Å². The van der Waals surface area contributed by atoms with E-state index in [0.717, 1.165) is 42.9 Å². The van der Waals surface area contributed by atoms with Gasteiger partial charge in [-0.3, -0.25) is 4.79 Å². The molecule has 1 aromatic heterocycles. The summed E-state index contributed by atoms with van der Waals surface area (Å²) in [5.74, 6) is 1.09. The van der Waals surface area contributed by atoms with Crippen molar-refractivity contribution in [2.75, 3.05) is 29.9 Å². The quantitative estimate of drug-likeness (QED) is 0.714. The number of allylic oxidation sites excluding steroid dienone is 1. The minimum atomic E-state index is -0.645. The number of ether oxygens (including phenoxy) is 1. The molecule has 0 bridgehead atoms. The number of aliphatic hydroxyl groups excluding tert-OH is 1. The van der Waals surface area contributed by atoms with E-state index in [-0.39, 0.29) is 12.5 Å². The third-order valence-corrected chi connectivity index (χ3v) is 6.52. The molecule has 1 aromatic carbocycles. The van der Waals surface area contributed by atoms with Crippen LogP contribution < -0.4 is 10.2 Å². The maximum atomic E-state index is 13.6. The van der Waals surface area contributed by atoms with Crippen LogP contribution in [0.4, 0.5) is 15.9 Å². The maximum absolute atomic E-state index is 13.6. The summed E-state index contributed by atoms with van der Waals surface area (Å²) < 4.78 is 19.8. The van der Waals surface area contributed by atoms with Crippen molar-refractivity contribution in [3.63, 3.8) is 0 Å². The molecule has 32 heavy (non-hydrogen) atoms. The Hall–Kier alpha value is -3.19. The van der Waals surface area contributed by atoms with Crippen LogP contribution in [0, 0.1) is 11.7 Å². The number of nitrogens with one attached hydrogen (secondary N) is 1. The fourth-order valence-corrected chi connectivity index (χ4v) is 4.69. The van der Waals surface area contributed by atoms with Gasteiger partial charge in [0.25, 0.3) is 5.91 Å². The number of carbonyl (C=O) groups is 1. The lowest BCUT2D eigenvalue weighted by Crippen LogP contribution is -2.35. The normalized spacial score (nSPS) is 22.4. The van der Waals surface area contributed by atoms with Gasteiger partial charge in [0.05, 0.1) is 11.3 Å². The summed E-state index contributed by atoms with van der Waals surface area (Å²) in [5, 5.41) is 12.1. The van der Waals surface area contributed by atoms with Gasteiger partial charge in [0.15, 0.2) is 0 Å². The molecule has 1 saturated heterocycles. The number of hydrogen-bond donors (Lipinski definition) is 2. The van der Waals surface area contributed by atoms with Gasteiger partial charge in [0.1, 0.15) is 23.0 Å². The molecule has 6 nitrogen and oxygen atoms in total. The van der Waals surface area contributed by atoms with E-state index in [1.54, 1.807) is 6.07 Å². The molecule has 2 N–H and O–H groups in total. The number of carbonyl (C=O) groups excluding carboxylic acids is 1. The standard InChI is InChI=1S/C25H26FN3O3/c1-25(2)19(16-3-6-22(27-13-16)29-9-7-15(14-30)8-10-29)12-21(32-25)23-18-5-4-17(26)11-20(18)28-24(23)31/h3-6,11-13,15,30H,7-10,14H2,1-2H3,(H,28,31)/b23-21+. The van der Waals surface area contributed by atoms with Crippen molar-refractivity contribution in [2.45, 2.75) is 32.3 Å². The molecule has 5 rings (SSSR count). The zero-order valence-electron chi connectivity index (χ0n) is 18.2. The first kappa shape index (κ1) is 20.7. The first-order valence-electron chi connectivity index (χ1n) is 10.9. The number of amides is 1. The van der Waals surface area contributed by atoms with Crippen molar-refractivity contribution < 1.29 is 19.0 Å². The van der Waals surface area contributed by atoms with Gasteiger partial charge in [-0.15, -0.1) is 0 Å². The molecule has 1 fully saturated rings. The second kappa shape index (κ2) is 7.74. The maximum Gasteiger partial charge on any atom is 0.260 e. The van der Waals surface area contributed by atoms with E-state index in [4.69, 9.17) is 4.74 Å². The largest absolute Gasteiger partial charge is 0.482 e. The smallest absolute Gasteiger partial charge is 0.260 e. The van der Waals surface area contributed by atoms with Crippen LogP contribution >= 0.6 is 0 Å². The molecule has 4 heterocycles. The van der Waals surface area contributed by atoms with Crippen molar-refractivity contribution in [3.05, 3.63) is 65.3 Å². The first-order chi connectivity index (χ1) is 15.4. The second-order valence-corrected chi connectivity index (χ2v) is 9.07. The summed E-state index contributed by atoms with van der Waals surface area (Å²) in [6.45, 7) is 5.94. The molecule has 1 amide bonds. The van der Waals surface area contributed by atoms with E-state index >= 15 is 0 Å². The van der Waals surface area contributed by atoms with Crippen LogP contribution in [0.25, 0.3) is 11.1 Å². The number of anilines is 2. The zero-order chi connectivity index (χ0) is 22.5. The predicted octanol–water partition coefficient (Wildman–Crippen LogP) is 3.99. The Balaban J connectivity index is 1.45. The number of fused-ring (bicyclic) bond motifs is 1. The molecule has 0 saturated carbocycles. The van der Waals surface area contributed by atoms with Crippen LogP contribution in [-0.4, -0.2) is 41.3 Å². The molecule has 0 aliphatic carbocycles. The molecule has 0 radical (unpaired) electrons. The van der Waals surface area contributed by atoms with Gasteiger partial charge in [0.2, 0.25) is 0 Å². The lowest BCUT2D eigenvalue weighted by Gasteiger charge is -2.32. The minimum Gasteiger partial charge on any atom is -0.482 e. The highest BCUT2D eigenvalue weighted by atomic mass is 19.1. The van der Waals surface area contributed by atoms with Crippen LogP contribution in [0.3, 0.4) is 0 Å². The fourth-order valence-electron chi connectivity index (χ4n) is 4.69. The number of piperidine rings is 1. The lowest BCUT2D eigenvalue weighted by molar-refractivity contribution is -0.111. The van der Waals surface area contributed by atoms with E-state index in [0.29, 0.717) is 28.5 Å². The van der Waals surface area contributed by atoms with E-state index in [2.05, 4.69) is 15.2 Å². The Labute approximate surface area is 186 Å². The summed E-state index contributed by atoms with van der Waals surface area (Å²) in [7, 11) is 0. The number of benzene rings is 1. The van der Waals surface area contributed by atoms with Crippen LogP contribution in [0.2, 0.25) is 0 Å². The summed E-state index contributed by atoms with van der Waals surface area (Å²) in [6, 6.07) is 8.30. The van der Waals surface area contributed by atoms with Gasteiger partial charge >= 0.3 is 0 Å². The average Bonchev–Trinajstić information content (AvgIpc) is 3.28. The van der Waals surface area contributed by atoms with Crippen LogP contribution in [0.15, 0.2) is 48.4 Å². The average molecular weight is 435 g/mol. The highest BCUT2D eigenvalue weighted by Gasteiger charge is 2.38. The summed E-state index contributed by atoms with van der Waals surface area (Å²) in [4.78, 5) is 19.5. The van der Waals surface area contributed by atoms with Crippen molar-refractivity contribution in [3.8, 4) is 0 Å². The number of rotatable bonds is 3. The topological polar surface area (TPSA) is 74.7 Å². The number of aromatic nitrogens is 1. The Kier molecular flexibility index (Phi) is 5.01. The number of halogens is 1. The molecule has 166 valence electrons. The number of nitrogens with zero attached hydrogens (tertiary/aromatic N) is 2. The van der Waals surface area contributed by atoms with Gasteiger partial charge in [-0.25, -0.2) is 9.37 Å². The predicted molar refractivity (Wildman–Crippen MR) is 121 cm³/mol. The third-order valence-electron chi connectivity index (χ3n) is 6.52. The minimum absolute atomic E-state index is 0.249. The number of hydrogen-bond acceptors (Lipinski definition) is 5. The highest BCUT2D eigenvalue weighted by molar-refractivity contribution is 6.32. The SMILES string of the molecule is CC1(C)O/C(=C2/C(=O)Nc3cc(F)ccc32)C=C1c1ccc(N2CCC(CO)CC2)nc1. The molecule has 0 atom stereocenters. The van der Waals surface area contributed by atoms with Crippen LogP contribution in [-0.2, 0) is 9.53 Å². The van der Waals surface area contributed by atoms with E-state index in [1.165, 1.54) is 12.1 Å². The molecule has 0 spiro atoms. The summed E-state index contributed by atoms with van der Waals surface area (Å²) in [6.07, 6.45) is 5.67. The van der Waals surface area contributed by atoms with Crippen molar-refractivity contribution in [2.24, 2.45) is 5.92 Å². The van der Waals surface area contributed by atoms with E-state index in [9.17, 15) is 14.3 Å². The highest BCUT2D eigenvalue weighted by Crippen LogP contribution is 2.44. The number of pyridine rings is 1. The Morgan fingerprint density at radius 2 is 2.03 bits per heavy atom. The van der Waals surface area contributed by atoms with Gasteiger partial charge < -0.3 is 20.1 Å². The van der Waals surface area contributed by atoms with Gasteiger partial charge in [-0.1, -0.05) is 0 Å². The molecule has 3 aliphatic heterocycles. The monoisotopic (exact) mass is 435 g/mol. The Morgan fingerprint density at radius 3 is 2.72 bits per heavy atom. The van der Waals surface area contributed by atoms with Crippen LogP contribution in [0.5, 0.6) is 0 Å². The van der Waals surface area contributed by atoms with Gasteiger partial charge in [-0.2, -0.15) is 0 Å². The third kappa shape index (κ3) is 3.56. The fraction of sp³-hybridized carbons (Fsp3) is 0.360. The molecule has 0 unspecified atom stereocenters. The Bertz CT molecular complexity index is 1130. The molecular formula is C25H26FN3O3. The lowest BCUT2D eigenvalue weighted by atomic mass is 9.93. The Morgan fingerprint density at radius 1 is 1.25 bits per heavy atom. The zero-order valence-corrected chi connectivity index (χ0v) is 18.2. The second-order valence-electron chi connectivity index (χ2n) is 9.07. The van der Waals surface area contributed by atoms with Crippen molar-refractivity contribution in [1.82, 2.24) is 4.98 Å². The van der Waals surface area contributed by atoms with Crippen LogP contribution in [0.1, 0.15) is 37.8 Å². The molecule has 3 aliphatic rings. The molecule has 2 aromatic rings. The van der Waals surface area contributed by atoms with E-state index in [1.807, 2.05) is 38.3 Å². The molecule has 7 heteroatoms. The van der Waals surface area contributed by atoms with Crippen molar-refractivity contribution in [1.29, 1.82) is 0 Å². The number of aliphatic hydroxyl groups is 1. The summed E-state index contributed by atoms with van der Waals surface area (Å²) >= 11 is 0. The summed E-state index contributed by atoms with van der Waals surface area (Å²) in [5.41, 5.74) is 2.72. The van der Waals surface area contributed by atoms with Gasteiger partial charge in [0, 0.05) is 42.6 Å². The molecular weight excluding hydrogens is 409 g/mol. The van der Waals surface area contributed by atoms with E-state index < -0.39 is 11.4 Å². The first-order valence-corrected chi connectivity index (χ1v) is 10.9.